The first-order valence-corrected chi connectivity index (χ1v) is 6.83. The summed E-state index contributed by atoms with van der Waals surface area (Å²) in [6.45, 7) is 5.27. The lowest BCUT2D eigenvalue weighted by Gasteiger charge is -2.30. The molecule has 1 aliphatic carbocycles. The smallest absolute Gasteiger partial charge is 0.0601 e. The number of nitrogens with zero attached hydrogens (tertiary/aromatic N) is 1. The number of ether oxygens (including phenoxy) is 1. The van der Waals surface area contributed by atoms with Crippen LogP contribution in [0.25, 0.3) is 0 Å². The van der Waals surface area contributed by atoms with Crippen molar-refractivity contribution in [3.63, 3.8) is 0 Å². The van der Waals surface area contributed by atoms with Gasteiger partial charge >= 0.3 is 0 Å². The molecule has 0 bridgehead atoms. The lowest BCUT2D eigenvalue weighted by molar-refractivity contribution is -0.0160. The molecular formula is C13H27NO3. The predicted molar refractivity (Wildman–Crippen MR) is 68.0 cm³/mol. The van der Waals surface area contributed by atoms with E-state index in [9.17, 15) is 0 Å². The number of rotatable bonds is 8. The fourth-order valence-corrected chi connectivity index (χ4v) is 2.48. The largest absolute Gasteiger partial charge is 0.395 e. The summed E-state index contributed by atoms with van der Waals surface area (Å²) in [6.07, 6.45) is 5.49. The molecule has 1 rings (SSSR count). The van der Waals surface area contributed by atoms with E-state index in [1.807, 2.05) is 4.90 Å². The summed E-state index contributed by atoms with van der Waals surface area (Å²) >= 11 is 0. The molecule has 4 heteroatoms. The highest BCUT2D eigenvalue weighted by atomic mass is 16.5. The minimum Gasteiger partial charge on any atom is -0.395 e. The molecule has 0 spiro atoms. The average molecular weight is 245 g/mol. The highest BCUT2D eigenvalue weighted by molar-refractivity contribution is 4.72. The Hall–Kier alpha value is -0.160. The number of aliphatic hydroxyl groups excluding tert-OH is 2. The first kappa shape index (κ1) is 14.9. The molecule has 2 atom stereocenters. The highest BCUT2D eigenvalue weighted by Crippen LogP contribution is 2.26. The van der Waals surface area contributed by atoms with Gasteiger partial charge in [-0.15, -0.1) is 0 Å². The quantitative estimate of drug-likeness (QED) is 0.666. The average Bonchev–Trinajstić information content (AvgIpc) is 2.32. The zero-order valence-corrected chi connectivity index (χ0v) is 11.0. The maximum atomic E-state index is 8.89. The summed E-state index contributed by atoms with van der Waals surface area (Å²) in [5, 5.41) is 17.8. The van der Waals surface area contributed by atoms with Crippen LogP contribution in [0, 0.1) is 5.92 Å². The van der Waals surface area contributed by atoms with Gasteiger partial charge in [0, 0.05) is 19.6 Å². The third kappa shape index (κ3) is 5.82. The topological polar surface area (TPSA) is 52.9 Å². The third-order valence-electron chi connectivity index (χ3n) is 3.60. The maximum absolute atomic E-state index is 8.89. The second-order valence-corrected chi connectivity index (χ2v) is 4.96. The van der Waals surface area contributed by atoms with E-state index in [4.69, 9.17) is 14.9 Å². The lowest BCUT2D eigenvalue weighted by atomic mass is 9.88. The molecule has 0 aromatic carbocycles. The van der Waals surface area contributed by atoms with Crippen molar-refractivity contribution >= 4 is 0 Å². The third-order valence-corrected chi connectivity index (χ3v) is 3.60. The maximum Gasteiger partial charge on any atom is 0.0601 e. The van der Waals surface area contributed by atoms with Crippen LogP contribution in [0.15, 0.2) is 0 Å². The van der Waals surface area contributed by atoms with E-state index in [0.29, 0.717) is 31.7 Å². The summed E-state index contributed by atoms with van der Waals surface area (Å²) in [5.41, 5.74) is 0. The fourth-order valence-electron chi connectivity index (χ4n) is 2.48. The molecule has 17 heavy (non-hydrogen) atoms. The van der Waals surface area contributed by atoms with Gasteiger partial charge in [0.25, 0.3) is 0 Å². The normalized spacial score (nSPS) is 25.4. The van der Waals surface area contributed by atoms with Crippen LogP contribution in [-0.2, 0) is 4.74 Å². The molecule has 0 aromatic heterocycles. The van der Waals surface area contributed by atoms with Gasteiger partial charge in [-0.05, 0) is 18.8 Å². The molecule has 1 fully saturated rings. The molecule has 0 aliphatic heterocycles. The van der Waals surface area contributed by atoms with Crippen LogP contribution in [0.3, 0.4) is 0 Å². The van der Waals surface area contributed by atoms with Crippen LogP contribution >= 0.6 is 0 Å². The first-order chi connectivity index (χ1) is 8.27. The Balaban J connectivity index is 2.15. The second-order valence-electron chi connectivity index (χ2n) is 4.96. The van der Waals surface area contributed by atoms with Crippen LogP contribution in [0.5, 0.6) is 0 Å². The van der Waals surface area contributed by atoms with Crippen LogP contribution in [-0.4, -0.2) is 60.7 Å². The summed E-state index contributed by atoms with van der Waals surface area (Å²) in [6, 6.07) is 0. The molecule has 1 saturated carbocycles. The zero-order valence-electron chi connectivity index (χ0n) is 11.0. The Labute approximate surface area is 105 Å². The van der Waals surface area contributed by atoms with Crippen LogP contribution in [0.1, 0.15) is 32.6 Å². The van der Waals surface area contributed by atoms with Crippen molar-refractivity contribution in [1.29, 1.82) is 0 Å². The van der Waals surface area contributed by atoms with Gasteiger partial charge in [-0.2, -0.15) is 0 Å². The molecule has 0 radical (unpaired) electrons. The summed E-state index contributed by atoms with van der Waals surface area (Å²) in [7, 11) is 0. The van der Waals surface area contributed by atoms with E-state index in [1.54, 1.807) is 0 Å². The van der Waals surface area contributed by atoms with Crippen molar-refractivity contribution in [1.82, 2.24) is 4.90 Å². The SMILES string of the molecule is CC1CCCCC1OCCN(CCO)CCO. The molecule has 102 valence electrons. The van der Waals surface area contributed by atoms with Gasteiger partial charge in [-0.1, -0.05) is 19.8 Å². The molecule has 0 aromatic rings. The first-order valence-electron chi connectivity index (χ1n) is 6.83. The highest BCUT2D eigenvalue weighted by Gasteiger charge is 2.21. The van der Waals surface area contributed by atoms with E-state index in [2.05, 4.69) is 6.92 Å². The number of hydrogen-bond acceptors (Lipinski definition) is 4. The van der Waals surface area contributed by atoms with Gasteiger partial charge in [0.1, 0.15) is 0 Å². The minimum atomic E-state index is 0.139. The molecule has 2 N–H and O–H groups in total. The molecule has 2 unspecified atom stereocenters. The zero-order chi connectivity index (χ0) is 12.5. The van der Waals surface area contributed by atoms with Gasteiger partial charge in [0.05, 0.1) is 25.9 Å². The van der Waals surface area contributed by atoms with Crippen molar-refractivity contribution in [2.45, 2.75) is 38.7 Å². The monoisotopic (exact) mass is 245 g/mol. The Morgan fingerprint density at radius 1 is 1.06 bits per heavy atom. The molecule has 0 amide bonds. The molecular weight excluding hydrogens is 218 g/mol. The second kappa shape index (κ2) is 8.86. The van der Waals surface area contributed by atoms with Crippen molar-refractivity contribution in [3.05, 3.63) is 0 Å². The van der Waals surface area contributed by atoms with Gasteiger partial charge in [0.15, 0.2) is 0 Å². The molecule has 0 saturated heterocycles. The molecule has 4 nitrogen and oxygen atoms in total. The van der Waals surface area contributed by atoms with E-state index >= 15 is 0 Å². The van der Waals surface area contributed by atoms with Gasteiger partial charge < -0.3 is 14.9 Å². The van der Waals surface area contributed by atoms with Crippen LogP contribution < -0.4 is 0 Å². The Kier molecular flexibility index (Phi) is 7.77. The van der Waals surface area contributed by atoms with Crippen molar-refractivity contribution in [3.8, 4) is 0 Å². The number of hydrogen-bond donors (Lipinski definition) is 2. The van der Waals surface area contributed by atoms with Gasteiger partial charge in [-0.3, -0.25) is 4.90 Å². The number of aliphatic hydroxyl groups is 2. The molecule has 1 aliphatic rings. The Morgan fingerprint density at radius 2 is 1.71 bits per heavy atom. The van der Waals surface area contributed by atoms with Crippen LogP contribution in [0.4, 0.5) is 0 Å². The molecule has 0 heterocycles. The van der Waals surface area contributed by atoms with Crippen molar-refractivity contribution in [2.24, 2.45) is 5.92 Å². The van der Waals surface area contributed by atoms with E-state index < -0.39 is 0 Å². The summed E-state index contributed by atoms with van der Waals surface area (Å²) in [5.74, 6) is 0.674. The van der Waals surface area contributed by atoms with E-state index in [0.717, 1.165) is 6.54 Å². The van der Waals surface area contributed by atoms with E-state index in [-0.39, 0.29) is 13.2 Å². The summed E-state index contributed by atoms with van der Waals surface area (Å²) < 4.78 is 5.91. The predicted octanol–water partition coefficient (Wildman–Crippen LogP) is 0.868. The van der Waals surface area contributed by atoms with Gasteiger partial charge in [-0.25, -0.2) is 0 Å². The lowest BCUT2D eigenvalue weighted by Crippen LogP contribution is -2.35. The Morgan fingerprint density at radius 3 is 2.29 bits per heavy atom. The van der Waals surface area contributed by atoms with Gasteiger partial charge in [0.2, 0.25) is 0 Å². The van der Waals surface area contributed by atoms with E-state index in [1.165, 1.54) is 25.7 Å². The van der Waals surface area contributed by atoms with Crippen molar-refractivity contribution in [2.75, 3.05) is 39.5 Å². The summed E-state index contributed by atoms with van der Waals surface area (Å²) in [4.78, 5) is 2.04. The standard InChI is InChI=1S/C13H27NO3/c1-12-4-2-3-5-13(12)17-11-8-14(6-9-15)7-10-16/h12-13,15-16H,2-11H2,1H3. The fraction of sp³-hybridized carbons (Fsp3) is 1.00. The van der Waals surface area contributed by atoms with Crippen molar-refractivity contribution < 1.29 is 14.9 Å². The Bertz CT molecular complexity index is 184. The van der Waals surface area contributed by atoms with Crippen LogP contribution in [0.2, 0.25) is 0 Å². The minimum absolute atomic E-state index is 0.139.